The zero-order valence-electron chi connectivity index (χ0n) is 16.4. The molecule has 9 nitrogen and oxygen atoms in total. The van der Waals surface area contributed by atoms with Gasteiger partial charge in [-0.25, -0.2) is 9.78 Å². The first-order valence-electron chi connectivity index (χ1n) is 9.73. The van der Waals surface area contributed by atoms with E-state index < -0.39 is 17.2 Å². The van der Waals surface area contributed by atoms with Crippen molar-refractivity contribution >= 4 is 17.0 Å². The van der Waals surface area contributed by atoms with Crippen molar-refractivity contribution in [2.75, 3.05) is 6.54 Å². The predicted octanol–water partition coefficient (Wildman–Crippen LogP) is 1.04. The van der Waals surface area contributed by atoms with E-state index in [1.807, 2.05) is 30.5 Å². The van der Waals surface area contributed by atoms with E-state index in [1.165, 1.54) is 0 Å². The Morgan fingerprint density at radius 2 is 2.00 bits per heavy atom. The lowest BCUT2D eigenvalue weighted by Gasteiger charge is -2.21. The summed E-state index contributed by atoms with van der Waals surface area (Å²) in [6.45, 7) is 4.88. The van der Waals surface area contributed by atoms with E-state index in [-0.39, 0.29) is 23.5 Å². The van der Waals surface area contributed by atoms with Crippen molar-refractivity contribution in [3.05, 3.63) is 44.1 Å². The lowest BCUT2D eigenvalue weighted by atomic mass is 10.0. The number of carbonyl (C=O) groups is 1. The van der Waals surface area contributed by atoms with E-state index in [9.17, 15) is 19.5 Å². The van der Waals surface area contributed by atoms with Crippen molar-refractivity contribution in [3.63, 3.8) is 0 Å². The number of hydrogen-bond donors (Lipinski definition) is 3. The van der Waals surface area contributed by atoms with Gasteiger partial charge in [-0.1, -0.05) is 6.42 Å². The molecule has 29 heavy (non-hydrogen) atoms. The molecule has 2 heterocycles. The number of nitrogens with zero attached hydrogens (tertiary/aromatic N) is 3. The molecule has 2 aliphatic heterocycles. The van der Waals surface area contributed by atoms with Crippen molar-refractivity contribution in [2.45, 2.75) is 45.7 Å². The number of aryl methyl sites for hydroxylation is 2. The number of nitrogens with one attached hydrogen (secondary N) is 2. The molecule has 1 fully saturated rings. The second-order valence-electron chi connectivity index (χ2n) is 7.67. The van der Waals surface area contributed by atoms with Crippen molar-refractivity contribution in [2.24, 2.45) is 5.92 Å². The first kappa shape index (κ1) is 19.3. The second-order valence-corrected chi connectivity index (χ2v) is 7.67. The average molecular weight is 397 g/mol. The highest BCUT2D eigenvalue weighted by molar-refractivity contribution is 5.81. The molecular formula is C20H23N5O4. The molecule has 2 atom stereocenters. The van der Waals surface area contributed by atoms with E-state index in [4.69, 9.17) is 0 Å². The Kier molecular flexibility index (Phi) is 4.91. The largest absolute Gasteiger partial charge is 0.481 e. The number of rotatable bonds is 5. The topological polar surface area (TPSA) is 130 Å². The Balaban J connectivity index is 1.74. The first-order chi connectivity index (χ1) is 13.8. The van der Waals surface area contributed by atoms with Gasteiger partial charge in [-0.15, -0.1) is 0 Å². The molecule has 1 saturated carbocycles. The maximum absolute atomic E-state index is 12.3. The van der Waals surface area contributed by atoms with Gasteiger partial charge in [0.2, 0.25) is 0 Å². The molecule has 1 aliphatic carbocycles. The predicted molar refractivity (Wildman–Crippen MR) is 107 cm³/mol. The standard InChI is InChI=1S/C20H23N5O4/c1-10-8-14-15(9-11(10)2)25(17-16(22-14)18(26)24-20(29)23-17)7-6-21-13-5-3-4-12(13)19(27)28/h8-9,12-13,21H,3-7H2,1-2H3,(H,27,28)(H,24,26,29)/t12-,13+/m1/s1. The van der Waals surface area contributed by atoms with Crippen LogP contribution in [0.5, 0.6) is 0 Å². The Morgan fingerprint density at radius 3 is 2.76 bits per heavy atom. The van der Waals surface area contributed by atoms with Gasteiger partial charge in [0.25, 0.3) is 5.56 Å². The van der Waals surface area contributed by atoms with Gasteiger partial charge in [0.1, 0.15) is 0 Å². The molecule has 0 saturated heterocycles. The van der Waals surface area contributed by atoms with E-state index in [1.54, 1.807) is 0 Å². The van der Waals surface area contributed by atoms with Crippen LogP contribution < -0.4 is 16.6 Å². The molecule has 152 valence electrons. The number of aromatic amines is 1. The number of aromatic nitrogens is 4. The summed E-state index contributed by atoms with van der Waals surface area (Å²) >= 11 is 0. The van der Waals surface area contributed by atoms with Crippen LogP contribution in [0.25, 0.3) is 22.6 Å². The van der Waals surface area contributed by atoms with Crippen LogP contribution in [0.15, 0.2) is 21.7 Å². The number of hydrogen-bond acceptors (Lipinski definition) is 6. The lowest BCUT2D eigenvalue weighted by molar-refractivity contribution is -0.142. The third kappa shape index (κ3) is 3.53. The Morgan fingerprint density at radius 1 is 1.24 bits per heavy atom. The van der Waals surface area contributed by atoms with Gasteiger partial charge in [-0.05, 0) is 49.9 Å². The van der Waals surface area contributed by atoms with Gasteiger partial charge < -0.3 is 15.0 Å². The molecule has 1 aromatic rings. The summed E-state index contributed by atoms with van der Waals surface area (Å²) in [6.07, 6.45) is 2.38. The number of aliphatic carboxylic acids is 1. The third-order valence-corrected chi connectivity index (χ3v) is 5.80. The Labute approximate surface area is 166 Å². The molecule has 3 aliphatic rings. The zero-order chi connectivity index (χ0) is 20.7. The second kappa shape index (κ2) is 7.40. The van der Waals surface area contributed by atoms with E-state index in [0.717, 1.165) is 29.5 Å². The van der Waals surface area contributed by atoms with Gasteiger partial charge in [0.15, 0.2) is 11.5 Å². The molecule has 0 bridgehead atoms. The summed E-state index contributed by atoms with van der Waals surface area (Å²) in [5.41, 5.74) is 2.38. The van der Waals surface area contributed by atoms with Gasteiger partial charge in [-0.3, -0.25) is 14.6 Å². The van der Waals surface area contributed by atoms with Crippen molar-refractivity contribution < 1.29 is 9.90 Å². The van der Waals surface area contributed by atoms with Crippen LogP contribution in [0.4, 0.5) is 0 Å². The maximum atomic E-state index is 12.3. The summed E-state index contributed by atoms with van der Waals surface area (Å²) in [6, 6.07) is 3.80. The van der Waals surface area contributed by atoms with Gasteiger partial charge >= 0.3 is 11.7 Å². The molecule has 0 aromatic heterocycles. The summed E-state index contributed by atoms with van der Waals surface area (Å²) in [4.78, 5) is 46.1. The fraction of sp³-hybridized carbons (Fsp3) is 0.450. The van der Waals surface area contributed by atoms with Gasteiger partial charge in [-0.2, -0.15) is 4.98 Å². The molecule has 0 radical (unpaired) electrons. The fourth-order valence-electron chi connectivity index (χ4n) is 4.14. The molecule has 0 unspecified atom stereocenters. The molecule has 3 N–H and O–H groups in total. The van der Waals surface area contributed by atoms with Crippen molar-refractivity contribution in [3.8, 4) is 11.5 Å². The number of carboxylic acids is 1. The van der Waals surface area contributed by atoms with E-state index in [0.29, 0.717) is 25.0 Å². The molecule has 0 spiro atoms. The van der Waals surface area contributed by atoms with Crippen LogP contribution >= 0.6 is 0 Å². The highest BCUT2D eigenvalue weighted by Gasteiger charge is 2.32. The highest BCUT2D eigenvalue weighted by Crippen LogP contribution is 2.26. The highest BCUT2D eigenvalue weighted by atomic mass is 16.4. The van der Waals surface area contributed by atoms with Crippen LogP contribution in [-0.4, -0.2) is 43.2 Å². The van der Waals surface area contributed by atoms with Crippen LogP contribution in [0.1, 0.15) is 30.4 Å². The van der Waals surface area contributed by atoms with E-state index >= 15 is 0 Å². The number of H-pyrrole nitrogens is 1. The summed E-state index contributed by atoms with van der Waals surface area (Å²) < 4.78 is 1.82. The zero-order valence-corrected chi connectivity index (χ0v) is 16.4. The first-order valence-corrected chi connectivity index (χ1v) is 9.73. The lowest BCUT2D eigenvalue weighted by Crippen LogP contribution is -2.38. The van der Waals surface area contributed by atoms with Crippen molar-refractivity contribution in [1.82, 2.24) is 24.8 Å². The number of carboxylic acid groups (broad SMARTS) is 1. The minimum Gasteiger partial charge on any atom is -0.481 e. The quantitative estimate of drug-likeness (QED) is 0.549. The van der Waals surface area contributed by atoms with Crippen LogP contribution in [0, 0.1) is 19.8 Å². The molecule has 0 amide bonds. The molecule has 4 rings (SSSR count). The molecule has 1 aromatic carbocycles. The molecular weight excluding hydrogens is 374 g/mol. The summed E-state index contributed by atoms with van der Waals surface area (Å²) in [7, 11) is 0. The number of fused-ring (bicyclic) bond motifs is 2. The number of benzene rings is 1. The fourth-order valence-corrected chi connectivity index (χ4v) is 4.14. The smallest absolute Gasteiger partial charge is 0.349 e. The SMILES string of the molecule is Cc1cc2nc3c(=O)[nH]c(=O)nc-3n(CCN[C@H]3CCC[C@H]3C(=O)O)c2cc1C. The maximum Gasteiger partial charge on any atom is 0.349 e. The summed E-state index contributed by atoms with van der Waals surface area (Å²) in [5, 5.41) is 12.7. The Hall–Kier alpha value is -3.07. The van der Waals surface area contributed by atoms with Crippen molar-refractivity contribution in [1.29, 1.82) is 0 Å². The molecule has 9 heteroatoms. The van der Waals surface area contributed by atoms with Crippen LogP contribution in [0.2, 0.25) is 0 Å². The van der Waals surface area contributed by atoms with Gasteiger partial charge in [0.05, 0.1) is 17.0 Å². The monoisotopic (exact) mass is 397 g/mol. The van der Waals surface area contributed by atoms with Crippen LogP contribution in [0.3, 0.4) is 0 Å². The summed E-state index contributed by atoms with van der Waals surface area (Å²) in [5.74, 6) is -0.926. The normalized spacial score (nSPS) is 19.2. The Bertz CT molecular complexity index is 1180. The van der Waals surface area contributed by atoms with E-state index in [2.05, 4.69) is 20.3 Å². The van der Waals surface area contributed by atoms with Gasteiger partial charge in [0, 0.05) is 19.1 Å². The minimum absolute atomic E-state index is 0.0807. The average Bonchev–Trinajstić information content (AvgIpc) is 3.12. The minimum atomic E-state index is -0.775. The third-order valence-electron chi connectivity index (χ3n) is 5.80. The van der Waals surface area contributed by atoms with Crippen LogP contribution in [-0.2, 0) is 11.3 Å².